The molecule has 0 N–H and O–H groups in total. The molecule has 0 saturated heterocycles. The fourth-order valence-electron chi connectivity index (χ4n) is 3.23. The molecule has 0 atom stereocenters. The number of ether oxygens (including phenoxy) is 1. The fraction of sp³-hybridized carbons (Fsp3) is 0.190. The number of hydrogen-bond acceptors (Lipinski definition) is 10. The number of rotatable bonds is 7. The Kier molecular flexibility index (Phi) is 5.23. The van der Waals surface area contributed by atoms with E-state index in [4.69, 9.17) is 13.4 Å². The maximum atomic E-state index is 11.1. The molecular weight excluding hydrogens is 448 g/mol. The highest BCUT2D eigenvalue weighted by atomic mass is 32.2. The van der Waals surface area contributed by atoms with Crippen molar-refractivity contribution in [2.24, 2.45) is 0 Å². The van der Waals surface area contributed by atoms with Gasteiger partial charge < -0.3 is 9.26 Å². The van der Waals surface area contributed by atoms with E-state index in [9.17, 15) is 8.42 Å². The molecule has 0 bridgehead atoms. The van der Waals surface area contributed by atoms with E-state index in [1.54, 1.807) is 35.8 Å². The summed E-state index contributed by atoms with van der Waals surface area (Å²) in [5.74, 6) is 1.46. The van der Waals surface area contributed by atoms with E-state index in [0.29, 0.717) is 40.1 Å². The first-order valence-electron chi connectivity index (χ1n) is 9.86. The van der Waals surface area contributed by atoms with Crippen LogP contribution >= 0.6 is 0 Å². The molecule has 12 heteroatoms. The molecule has 4 aromatic heterocycles. The predicted molar refractivity (Wildman–Crippen MR) is 117 cm³/mol. The van der Waals surface area contributed by atoms with E-state index in [1.807, 2.05) is 24.3 Å². The third-order valence-electron chi connectivity index (χ3n) is 4.77. The lowest BCUT2D eigenvalue weighted by molar-refractivity contribution is 0.288. The smallest absolute Gasteiger partial charge is 0.264 e. The summed E-state index contributed by atoms with van der Waals surface area (Å²) in [6.07, 6.45) is 2.55. The molecule has 0 fully saturated rings. The van der Waals surface area contributed by atoms with Crippen LogP contribution in [0.2, 0.25) is 0 Å². The van der Waals surface area contributed by atoms with Crippen molar-refractivity contribution < 1.29 is 21.9 Å². The third-order valence-corrected chi connectivity index (χ3v) is 5.32. The van der Waals surface area contributed by atoms with Crippen LogP contribution < -0.4 is 4.74 Å². The number of hydrogen-bond donors (Lipinski definition) is 0. The monoisotopic (exact) mass is 466 g/mol. The van der Waals surface area contributed by atoms with E-state index in [-0.39, 0.29) is 13.2 Å². The van der Waals surface area contributed by atoms with Crippen LogP contribution in [0, 0.1) is 6.92 Å². The van der Waals surface area contributed by atoms with Gasteiger partial charge in [-0.25, -0.2) is 0 Å². The lowest BCUT2D eigenvalue weighted by atomic mass is 10.2. The summed E-state index contributed by atoms with van der Waals surface area (Å²) >= 11 is 0. The van der Waals surface area contributed by atoms with E-state index < -0.39 is 10.1 Å². The zero-order chi connectivity index (χ0) is 23.0. The Hall–Kier alpha value is -3.90. The van der Waals surface area contributed by atoms with Crippen molar-refractivity contribution >= 4 is 26.5 Å². The molecule has 0 aliphatic heterocycles. The Balaban J connectivity index is 1.45. The van der Waals surface area contributed by atoms with Crippen LogP contribution in [0.5, 0.6) is 5.88 Å². The summed E-state index contributed by atoms with van der Waals surface area (Å²) < 4.78 is 39.8. The molecule has 33 heavy (non-hydrogen) atoms. The average Bonchev–Trinajstić information content (AvgIpc) is 3.42. The van der Waals surface area contributed by atoms with Crippen molar-refractivity contribution in [1.29, 1.82) is 0 Å². The minimum absolute atomic E-state index is 0.0756. The van der Waals surface area contributed by atoms with Gasteiger partial charge in [-0.3, -0.25) is 9.17 Å². The van der Waals surface area contributed by atoms with Crippen LogP contribution in [0.3, 0.4) is 0 Å². The molecule has 168 valence electrons. The van der Waals surface area contributed by atoms with Gasteiger partial charge in [-0.1, -0.05) is 29.4 Å². The predicted octanol–water partition coefficient (Wildman–Crippen LogP) is 2.69. The van der Waals surface area contributed by atoms with Crippen LogP contribution in [-0.2, 0) is 27.5 Å². The van der Waals surface area contributed by atoms with Crippen molar-refractivity contribution in [2.75, 3.05) is 6.26 Å². The van der Waals surface area contributed by atoms with E-state index in [0.717, 1.165) is 17.0 Å². The molecule has 4 heterocycles. The molecule has 11 nitrogen and oxygen atoms in total. The van der Waals surface area contributed by atoms with Crippen molar-refractivity contribution in [2.45, 2.75) is 20.1 Å². The third kappa shape index (κ3) is 4.38. The standard InChI is InChI=1S/C21H18N6O5S/c1-13-9-18(26-32-13)20-24-23-19-16-5-3-4-6-17(16)21(25-27(19)20)30-12-15-8-7-14(10-22-15)11-31-33(2,28)29/h3-10H,11-12H2,1-2H3. The molecular formula is C21H18N6O5S. The maximum absolute atomic E-state index is 11.1. The lowest BCUT2D eigenvalue weighted by Gasteiger charge is -2.10. The van der Waals surface area contributed by atoms with Gasteiger partial charge in [0.05, 0.1) is 18.6 Å². The number of nitrogens with zero attached hydrogens (tertiary/aromatic N) is 6. The Bertz CT molecular complexity index is 1560. The minimum Gasteiger partial charge on any atom is -0.470 e. The van der Waals surface area contributed by atoms with Crippen LogP contribution in [-0.4, -0.2) is 44.6 Å². The molecule has 0 aliphatic carbocycles. The quantitative estimate of drug-likeness (QED) is 0.329. The van der Waals surface area contributed by atoms with Gasteiger partial charge in [-0.05, 0) is 24.6 Å². The fourth-order valence-corrected chi connectivity index (χ4v) is 3.58. The molecule has 0 unspecified atom stereocenters. The van der Waals surface area contributed by atoms with Gasteiger partial charge in [-0.2, -0.15) is 12.9 Å². The van der Waals surface area contributed by atoms with Crippen LogP contribution in [0.4, 0.5) is 0 Å². The van der Waals surface area contributed by atoms with Crippen molar-refractivity contribution in [3.05, 3.63) is 65.7 Å². The van der Waals surface area contributed by atoms with Gasteiger partial charge in [0, 0.05) is 23.0 Å². The largest absolute Gasteiger partial charge is 0.470 e. The first-order valence-corrected chi connectivity index (χ1v) is 11.7. The second-order valence-electron chi connectivity index (χ2n) is 7.35. The number of pyridine rings is 1. The Morgan fingerprint density at radius 2 is 1.88 bits per heavy atom. The van der Waals surface area contributed by atoms with E-state index >= 15 is 0 Å². The summed E-state index contributed by atoms with van der Waals surface area (Å²) in [5.41, 5.74) is 2.36. The van der Waals surface area contributed by atoms with Gasteiger partial charge in [0.15, 0.2) is 11.3 Å². The second-order valence-corrected chi connectivity index (χ2v) is 8.99. The number of fused-ring (bicyclic) bond motifs is 3. The van der Waals surface area contributed by atoms with Crippen LogP contribution in [0.1, 0.15) is 17.0 Å². The average molecular weight is 466 g/mol. The zero-order valence-corrected chi connectivity index (χ0v) is 18.5. The molecule has 0 amide bonds. The van der Waals surface area contributed by atoms with Gasteiger partial charge >= 0.3 is 0 Å². The Morgan fingerprint density at radius 1 is 1.06 bits per heavy atom. The van der Waals surface area contributed by atoms with Crippen LogP contribution in [0.25, 0.3) is 27.9 Å². The summed E-state index contributed by atoms with van der Waals surface area (Å²) in [6, 6.07) is 12.8. The highest BCUT2D eigenvalue weighted by molar-refractivity contribution is 7.85. The normalized spacial score (nSPS) is 11.9. The summed E-state index contributed by atoms with van der Waals surface area (Å²) in [4.78, 5) is 4.31. The molecule has 0 saturated carbocycles. The van der Waals surface area contributed by atoms with Crippen molar-refractivity contribution in [1.82, 2.24) is 30.0 Å². The van der Waals surface area contributed by atoms with E-state index in [1.165, 1.54) is 0 Å². The number of benzene rings is 1. The lowest BCUT2D eigenvalue weighted by Crippen LogP contribution is -2.05. The second kappa shape index (κ2) is 8.22. The van der Waals surface area contributed by atoms with Gasteiger partial charge in [0.25, 0.3) is 10.1 Å². The Morgan fingerprint density at radius 3 is 2.58 bits per heavy atom. The minimum atomic E-state index is -3.52. The highest BCUT2D eigenvalue weighted by Crippen LogP contribution is 2.29. The zero-order valence-electron chi connectivity index (χ0n) is 17.7. The number of aromatic nitrogens is 6. The molecule has 5 rings (SSSR count). The summed E-state index contributed by atoms with van der Waals surface area (Å²) in [6.45, 7) is 1.87. The topological polar surface area (TPSA) is 135 Å². The SMILES string of the molecule is Cc1cc(-c2nnc3c4ccccc4c(OCc4ccc(COS(C)(=O)=O)cn4)nn23)no1. The first kappa shape index (κ1) is 21.0. The number of aryl methyl sites for hydroxylation is 1. The van der Waals surface area contributed by atoms with Gasteiger partial charge in [0.1, 0.15) is 12.4 Å². The summed E-state index contributed by atoms with van der Waals surface area (Å²) in [7, 11) is -3.52. The molecule has 0 spiro atoms. The summed E-state index contributed by atoms with van der Waals surface area (Å²) in [5, 5.41) is 18.7. The highest BCUT2D eigenvalue weighted by Gasteiger charge is 2.18. The van der Waals surface area contributed by atoms with E-state index in [2.05, 4.69) is 25.4 Å². The van der Waals surface area contributed by atoms with Crippen molar-refractivity contribution in [3.63, 3.8) is 0 Å². The Labute approximate surface area is 188 Å². The van der Waals surface area contributed by atoms with Gasteiger partial charge in [-0.15, -0.1) is 15.3 Å². The van der Waals surface area contributed by atoms with Crippen LogP contribution in [0.15, 0.2) is 53.2 Å². The molecule has 0 aliphatic rings. The molecule has 1 aromatic carbocycles. The first-order chi connectivity index (χ1) is 15.9. The molecule has 5 aromatic rings. The molecule has 0 radical (unpaired) electrons. The maximum Gasteiger partial charge on any atom is 0.264 e. The van der Waals surface area contributed by atoms with Gasteiger partial charge in [0.2, 0.25) is 11.7 Å². The van der Waals surface area contributed by atoms with Crippen molar-refractivity contribution in [3.8, 4) is 17.4 Å².